The number of nitrogens with one attached hydrogen (secondary N) is 1. The van der Waals surface area contributed by atoms with E-state index in [-0.39, 0.29) is 17.5 Å². The average molecular weight is 307 g/mol. The number of hydrogen-bond acceptors (Lipinski definition) is 5. The number of aromatic nitrogens is 2. The Balaban J connectivity index is 1.82. The van der Waals surface area contributed by atoms with Gasteiger partial charge in [0.1, 0.15) is 11.6 Å². The molecule has 0 saturated heterocycles. The number of anilines is 1. The van der Waals surface area contributed by atoms with E-state index in [2.05, 4.69) is 15.5 Å². The Kier molecular flexibility index (Phi) is 3.44. The minimum Gasteiger partial charge on any atom is -0.403 e. The number of carbonyl (C=O) groups excluding carboxylic acids is 1. The second kappa shape index (κ2) is 5.41. The summed E-state index contributed by atoms with van der Waals surface area (Å²) in [5.74, 6) is -2.08. The maximum atomic E-state index is 13.6. The smallest absolute Gasteiger partial charge is 0.322 e. The van der Waals surface area contributed by atoms with Crippen LogP contribution in [0.5, 0.6) is 0 Å². The third kappa shape index (κ3) is 2.79. The van der Waals surface area contributed by atoms with Gasteiger partial charge >= 0.3 is 6.01 Å². The molecule has 0 aliphatic carbocycles. The number of benzene rings is 1. The van der Waals surface area contributed by atoms with Gasteiger partial charge in [-0.05, 0) is 23.6 Å². The van der Waals surface area contributed by atoms with Crippen LogP contribution in [0.4, 0.5) is 14.8 Å². The molecule has 0 unspecified atom stereocenters. The molecule has 0 fully saturated rings. The molecule has 0 aliphatic rings. The van der Waals surface area contributed by atoms with Crippen LogP contribution in [0.15, 0.2) is 40.1 Å². The Bertz CT molecular complexity index is 787. The number of thiophene rings is 1. The van der Waals surface area contributed by atoms with Crippen LogP contribution in [0.25, 0.3) is 11.5 Å². The van der Waals surface area contributed by atoms with E-state index < -0.39 is 17.5 Å². The highest BCUT2D eigenvalue weighted by molar-refractivity contribution is 7.12. The molecule has 3 rings (SSSR count). The highest BCUT2D eigenvalue weighted by atomic mass is 32.1. The SMILES string of the molecule is O=C(Nc1nnc(-c2ccc(F)cc2F)o1)c1cccs1. The zero-order valence-electron chi connectivity index (χ0n) is 10.3. The van der Waals surface area contributed by atoms with Crippen LogP contribution in [0, 0.1) is 11.6 Å². The van der Waals surface area contributed by atoms with Crippen molar-refractivity contribution in [1.82, 2.24) is 10.2 Å². The molecule has 1 aromatic carbocycles. The molecule has 1 amide bonds. The van der Waals surface area contributed by atoms with Crippen LogP contribution in [-0.4, -0.2) is 16.1 Å². The monoisotopic (exact) mass is 307 g/mol. The lowest BCUT2D eigenvalue weighted by Gasteiger charge is -1.98. The van der Waals surface area contributed by atoms with Crippen molar-refractivity contribution in [3.05, 3.63) is 52.2 Å². The van der Waals surface area contributed by atoms with E-state index in [0.29, 0.717) is 10.9 Å². The standard InChI is InChI=1S/C13H7F2N3O2S/c14-7-3-4-8(9(15)6-7)12-17-18-13(20-12)16-11(19)10-2-1-5-21-10/h1-6H,(H,16,18,19). The summed E-state index contributed by atoms with van der Waals surface area (Å²) in [7, 11) is 0. The molecule has 0 radical (unpaired) electrons. The highest BCUT2D eigenvalue weighted by Gasteiger charge is 2.16. The normalized spacial score (nSPS) is 10.6. The van der Waals surface area contributed by atoms with Crippen molar-refractivity contribution in [2.24, 2.45) is 0 Å². The van der Waals surface area contributed by atoms with Gasteiger partial charge in [0.25, 0.3) is 11.8 Å². The van der Waals surface area contributed by atoms with Crippen molar-refractivity contribution in [3.8, 4) is 11.5 Å². The van der Waals surface area contributed by atoms with Gasteiger partial charge in [-0.1, -0.05) is 11.2 Å². The fraction of sp³-hybridized carbons (Fsp3) is 0. The van der Waals surface area contributed by atoms with Gasteiger partial charge in [0.05, 0.1) is 10.4 Å². The molecule has 2 heterocycles. The number of hydrogen-bond donors (Lipinski definition) is 1. The molecule has 0 atom stereocenters. The maximum Gasteiger partial charge on any atom is 0.322 e. The molecule has 0 saturated carbocycles. The lowest BCUT2D eigenvalue weighted by atomic mass is 10.2. The van der Waals surface area contributed by atoms with Gasteiger partial charge in [-0.2, -0.15) is 0 Å². The number of carbonyl (C=O) groups is 1. The van der Waals surface area contributed by atoms with Crippen LogP contribution < -0.4 is 5.32 Å². The van der Waals surface area contributed by atoms with Crippen LogP contribution in [0.2, 0.25) is 0 Å². The molecule has 8 heteroatoms. The number of nitrogens with zero attached hydrogens (tertiary/aromatic N) is 2. The van der Waals surface area contributed by atoms with E-state index in [9.17, 15) is 13.6 Å². The average Bonchev–Trinajstić information content (AvgIpc) is 3.09. The van der Waals surface area contributed by atoms with E-state index in [1.807, 2.05) is 0 Å². The van der Waals surface area contributed by atoms with E-state index in [1.54, 1.807) is 17.5 Å². The topological polar surface area (TPSA) is 68.0 Å². The predicted molar refractivity (Wildman–Crippen MR) is 71.9 cm³/mol. The van der Waals surface area contributed by atoms with Crippen LogP contribution in [-0.2, 0) is 0 Å². The molecule has 5 nitrogen and oxygen atoms in total. The Morgan fingerprint density at radius 1 is 1.24 bits per heavy atom. The van der Waals surface area contributed by atoms with Crippen molar-refractivity contribution in [3.63, 3.8) is 0 Å². The first-order valence-electron chi connectivity index (χ1n) is 5.77. The van der Waals surface area contributed by atoms with E-state index in [1.165, 1.54) is 17.4 Å². The van der Waals surface area contributed by atoms with Crippen molar-refractivity contribution in [1.29, 1.82) is 0 Å². The second-order valence-electron chi connectivity index (χ2n) is 3.97. The summed E-state index contributed by atoms with van der Waals surface area (Å²) >= 11 is 1.25. The fourth-order valence-electron chi connectivity index (χ4n) is 1.61. The van der Waals surface area contributed by atoms with Gasteiger partial charge in [0, 0.05) is 6.07 Å². The first-order chi connectivity index (χ1) is 10.1. The molecular formula is C13H7F2N3O2S. The predicted octanol–water partition coefficient (Wildman–Crippen LogP) is 3.33. The molecule has 0 bridgehead atoms. The van der Waals surface area contributed by atoms with Crippen molar-refractivity contribution in [2.45, 2.75) is 0 Å². The van der Waals surface area contributed by atoms with E-state index in [0.717, 1.165) is 6.07 Å². The lowest BCUT2D eigenvalue weighted by Crippen LogP contribution is -2.10. The number of rotatable bonds is 3. The maximum absolute atomic E-state index is 13.6. The molecular weight excluding hydrogens is 300 g/mol. The molecule has 2 aromatic heterocycles. The van der Waals surface area contributed by atoms with Gasteiger partial charge in [-0.15, -0.1) is 16.4 Å². The summed E-state index contributed by atoms with van der Waals surface area (Å²) in [4.78, 5) is 12.3. The largest absolute Gasteiger partial charge is 0.403 e. The van der Waals surface area contributed by atoms with E-state index >= 15 is 0 Å². The van der Waals surface area contributed by atoms with Crippen molar-refractivity contribution < 1.29 is 18.0 Å². The summed E-state index contributed by atoms with van der Waals surface area (Å²) in [6.07, 6.45) is 0. The third-order valence-electron chi connectivity index (χ3n) is 2.55. The van der Waals surface area contributed by atoms with Crippen LogP contribution >= 0.6 is 11.3 Å². The Morgan fingerprint density at radius 3 is 2.81 bits per heavy atom. The summed E-state index contributed by atoms with van der Waals surface area (Å²) in [5.41, 5.74) is -0.0412. The van der Waals surface area contributed by atoms with Crippen molar-refractivity contribution >= 4 is 23.3 Å². The van der Waals surface area contributed by atoms with Crippen LogP contribution in [0.3, 0.4) is 0 Å². The molecule has 1 N–H and O–H groups in total. The Hall–Kier alpha value is -2.61. The Morgan fingerprint density at radius 2 is 2.10 bits per heavy atom. The van der Waals surface area contributed by atoms with Crippen LogP contribution in [0.1, 0.15) is 9.67 Å². The second-order valence-corrected chi connectivity index (χ2v) is 4.92. The number of halogens is 2. The van der Waals surface area contributed by atoms with Gasteiger partial charge in [0.2, 0.25) is 0 Å². The molecule has 3 aromatic rings. The van der Waals surface area contributed by atoms with Gasteiger partial charge in [0.15, 0.2) is 0 Å². The zero-order valence-corrected chi connectivity index (χ0v) is 11.2. The first kappa shape index (κ1) is 13.4. The Labute approximate surface area is 121 Å². The molecule has 0 spiro atoms. The summed E-state index contributed by atoms with van der Waals surface area (Å²) in [6.45, 7) is 0. The molecule has 0 aliphatic heterocycles. The minimum absolute atomic E-state index is 0.0412. The molecule has 21 heavy (non-hydrogen) atoms. The lowest BCUT2D eigenvalue weighted by molar-refractivity contribution is 0.102. The van der Waals surface area contributed by atoms with E-state index in [4.69, 9.17) is 4.42 Å². The highest BCUT2D eigenvalue weighted by Crippen LogP contribution is 2.23. The number of amides is 1. The first-order valence-corrected chi connectivity index (χ1v) is 6.65. The summed E-state index contributed by atoms with van der Waals surface area (Å²) in [5, 5.41) is 11.4. The fourth-order valence-corrected chi connectivity index (χ4v) is 2.23. The van der Waals surface area contributed by atoms with Gasteiger partial charge < -0.3 is 4.42 Å². The van der Waals surface area contributed by atoms with Gasteiger partial charge in [-0.25, -0.2) is 8.78 Å². The van der Waals surface area contributed by atoms with Crippen molar-refractivity contribution in [2.75, 3.05) is 5.32 Å². The minimum atomic E-state index is -0.824. The zero-order chi connectivity index (χ0) is 14.8. The quantitative estimate of drug-likeness (QED) is 0.806. The molecule has 106 valence electrons. The summed E-state index contributed by atoms with van der Waals surface area (Å²) in [6, 6.07) is 6.18. The summed E-state index contributed by atoms with van der Waals surface area (Å²) < 4.78 is 31.6. The third-order valence-corrected chi connectivity index (χ3v) is 3.42. The van der Waals surface area contributed by atoms with Gasteiger partial charge in [-0.3, -0.25) is 10.1 Å².